The SMILES string of the molecule is CCC(C)C1C(=O)NC(C(C)C)C(=O)N1C1CCOC1. The molecule has 2 amide bonds. The maximum Gasteiger partial charge on any atom is 0.246 e. The van der Waals surface area contributed by atoms with E-state index in [9.17, 15) is 9.59 Å². The molecule has 1 N–H and O–H groups in total. The number of nitrogens with zero attached hydrogens (tertiary/aromatic N) is 1. The summed E-state index contributed by atoms with van der Waals surface area (Å²) in [6.07, 6.45) is 1.71. The number of hydrogen-bond acceptors (Lipinski definition) is 3. The number of carbonyl (C=O) groups excluding carboxylic acids is 2. The van der Waals surface area contributed by atoms with E-state index in [1.54, 1.807) is 0 Å². The van der Waals surface area contributed by atoms with Crippen LogP contribution < -0.4 is 5.32 Å². The van der Waals surface area contributed by atoms with Crippen LogP contribution in [0.2, 0.25) is 0 Å². The average Bonchev–Trinajstić information content (AvgIpc) is 2.92. The quantitative estimate of drug-likeness (QED) is 0.842. The van der Waals surface area contributed by atoms with Crippen LogP contribution in [-0.4, -0.2) is 48.1 Å². The summed E-state index contributed by atoms with van der Waals surface area (Å²) in [5.74, 6) is 0.312. The summed E-state index contributed by atoms with van der Waals surface area (Å²) in [5, 5.41) is 2.91. The van der Waals surface area contributed by atoms with Crippen LogP contribution in [0.4, 0.5) is 0 Å². The Bertz CT molecular complexity index is 377. The van der Waals surface area contributed by atoms with Crippen LogP contribution in [0.5, 0.6) is 0 Å². The smallest absolute Gasteiger partial charge is 0.246 e. The van der Waals surface area contributed by atoms with Gasteiger partial charge in [0.1, 0.15) is 12.1 Å². The van der Waals surface area contributed by atoms with Crippen molar-refractivity contribution in [3.63, 3.8) is 0 Å². The van der Waals surface area contributed by atoms with Gasteiger partial charge in [-0.2, -0.15) is 0 Å². The van der Waals surface area contributed by atoms with Gasteiger partial charge in [0, 0.05) is 6.61 Å². The molecule has 0 aliphatic carbocycles. The lowest BCUT2D eigenvalue weighted by molar-refractivity contribution is -0.155. The zero-order chi connectivity index (χ0) is 14.9. The molecule has 2 aliphatic heterocycles. The van der Waals surface area contributed by atoms with Gasteiger partial charge in [-0.1, -0.05) is 34.1 Å². The fourth-order valence-electron chi connectivity index (χ4n) is 3.08. The minimum atomic E-state index is -0.400. The van der Waals surface area contributed by atoms with Gasteiger partial charge >= 0.3 is 0 Å². The fourth-order valence-corrected chi connectivity index (χ4v) is 3.08. The highest BCUT2D eigenvalue weighted by atomic mass is 16.5. The maximum absolute atomic E-state index is 12.8. The van der Waals surface area contributed by atoms with Crippen molar-refractivity contribution in [1.82, 2.24) is 10.2 Å². The second-order valence-electron chi connectivity index (χ2n) is 6.32. The van der Waals surface area contributed by atoms with Crippen LogP contribution in [-0.2, 0) is 14.3 Å². The van der Waals surface area contributed by atoms with Gasteiger partial charge in [0.15, 0.2) is 0 Å². The molecule has 0 aromatic heterocycles. The van der Waals surface area contributed by atoms with Crippen molar-refractivity contribution < 1.29 is 14.3 Å². The zero-order valence-corrected chi connectivity index (χ0v) is 12.9. The van der Waals surface area contributed by atoms with Crippen molar-refractivity contribution in [3.05, 3.63) is 0 Å². The normalized spacial score (nSPS) is 32.6. The van der Waals surface area contributed by atoms with E-state index in [0.717, 1.165) is 12.8 Å². The Balaban J connectivity index is 2.30. The third-order valence-electron chi connectivity index (χ3n) is 4.54. The standard InChI is InChI=1S/C15H26N2O3/c1-5-10(4)13-14(18)16-12(9(2)3)15(19)17(13)11-6-7-20-8-11/h9-13H,5-8H2,1-4H3,(H,16,18). The third kappa shape index (κ3) is 2.68. The van der Waals surface area contributed by atoms with Crippen LogP contribution in [0.1, 0.15) is 40.5 Å². The molecule has 114 valence electrons. The summed E-state index contributed by atoms with van der Waals surface area (Å²) >= 11 is 0. The summed E-state index contributed by atoms with van der Waals surface area (Å²) in [6, 6.07) is -0.702. The topological polar surface area (TPSA) is 58.6 Å². The van der Waals surface area contributed by atoms with Crippen molar-refractivity contribution in [2.75, 3.05) is 13.2 Å². The van der Waals surface area contributed by atoms with Gasteiger partial charge in [-0.15, -0.1) is 0 Å². The lowest BCUT2D eigenvalue weighted by Crippen LogP contribution is -2.68. The largest absolute Gasteiger partial charge is 0.379 e. The van der Waals surface area contributed by atoms with Crippen LogP contribution in [0, 0.1) is 11.8 Å². The molecule has 2 saturated heterocycles. The molecule has 2 heterocycles. The first kappa shape index (κ1) is 15.3. The molecule has 2 fully saturated rings. The van der Waals surface area contributed by atoms with Gasteiger partial charge in [-0.05, 0) is 18.3 Å². The Kier molecular flexibility index (Phi) is 4.68. The lowest BCUT2D eigenvalue weighted by Gasteiger charge is -2.45. The molecular weight excluding hydrogens is 256 g/mol. The Hall–Kier alpha value is -1.10. The van der Waals surface area contributed by atoms with E-state index >= 15 is 0 Å². The number of rotatable bonds is 4. The van der Waals surface area contributed by atoms with Crippen LogP contribution in [0.3, 0.4) is 0 Å². The first-order valence-electron chi connectivity index (χ1n) is 7.67. The van der Waals surface area contributed by atoms with Crippen molar-refractivity contribution in [2.24, 2.45) is 11.8 Å². The number of carbonyl (C=O) groups is 2. The Morgan fingerprint density at radius 3 is 2.55 bits per heavy atom. The molecular formula is C15H26N2O3. The Labute approximate surface area is 121 Å². The highest BCUT2D eigenvalue weighted by Crippen LogP contribution is 2.27. The molecule has 20 heavy (non-hydrogen) atoms. The van der Waals surface area contributed by atoms with Gasteiger partial charge in [0.05, 0.1) is 12.6 Å². The monoisotopic (exact) mass is 282 g/mol. The van der Waals surface area contributed by atoms with E-state index < -0.39 is 6.04 Å². The third-order valence-corrected chi connectivity index (χ3v) is 4.54. The van der Waals surface area contributed by atoms with Crippen LogP contribution >= 0.6 is 0 Å². The van der Waals surface area contributed by atoms with E-state index in [1.807, 2.05) is 25.7 Å². The molecule has 5 heteroatoms. The molecule has 0 aromatic rings. The van der Waals surface area contributed by atoms with Gasteiger partial charge in [0.25, 0.3) is 0 Å². The maximum atomic E-state index is 12.8. The Morgan fingerprint density at radius 1 is 1.35 bits per heavy atom. The molecule has 0 saturated carbocycles. The van der Waals surface area contributed by atoms with Crippen molar-refractivity contribution in [2.45, 2.75) is 58.7 Å². The minimum Gasteiger partial charge on any atom is -0.379 e. The summed E-state index contributed by atoms with van der Waals surface area (Å²) in [6.45, 7) is 9.26. The second-order valence-corrected chi connectivity index (χ2v) is 6.32. The Morgan fingerprint density at radius 2 is 2.05 bits per heavy atom. The molecule has 0 aromatic carbocycles. The second kappa shape index (κ2) is 6.12. The molecule has 5 nitrogen and oxygen atoms in total. The molecule has 0 radical (unpaired) electrons. The van der Waals surface area contributed by atoms with E-state index in [4.69, 9.17) is 4.74 Å². The van der Waals surface area contributed by atoms with Gasteiger partial charge in [0.2, 0.25) is 11.8 Å². The summed E-state index contributed by atoms with van der Waals surface area (Å²) in [7, 11) is 0. The van der Waals surface area contributed by atoms with Crippen molar-refractivity contribution >= 4 is 11.8 Å². The predicted octanol–water partition coefficient (Wildman–Crippen LogP) is 1.17. The fraction of sp³-hybridized carbons (Fsp3) is 0.867. The van der Waals surface area contributed by atoms with E-state index in [-0.39, 0.29) is 35.7 Å². The first-order chi connectivity index (χ1) is 9.47. The molecule has 0 spiro atoms. The average molecular weight is 282 g/mol. The number of piperazine rings is 1. The van der Waals surface area contributed by atoms with Gasteiger partial charge in [-0.3, -0.25) is 9.59 Å². The van der Waals surface area contributed by atoms with E-state index in [2.05, 4.69) is 12.2 Å². The number of hydrogen-bond donors (Lipinski definition) is 1. The number of amides is 2. The highest BCUT2D eigenvalue weighted by molar-refractivity contribution is 5.97. The first-order valence-corrected chi connectivity index (χ1v) is 7.67. The van der Waals surface area contributed by atoms with Gasteiger partial charge in [-0.25, -0.2) is 0 Å². The summed E-state index contributed by atoms with van der Waals surface area (Å²) in [5.41, 5.74) is 0. The van der Waals surface area contributed by atoms with Crippen molar-refractivity contribution in [1.29, 1.82) is 0 Å². The van der Waals surface area contributed by atoms with E-state index in [1.165, 1.54) is 0 Å². The number of nitrogens with one attached hydrogen (secondary N) is 1. The van der Waals surface area contributed by atoms with Gasteiger partial charge < -0.3 is 15.0 Å². The number of ether oxygens (including phenoxy) is 1. The van der Waals surface area contributed by atoms with Crippen LogP contribution in [0.25, 0.3) is 0 Å². The lowest BCUT2D eigenvalue weighted by atomic mass is 9.89. The highest BCUT2D eigenvalue weighted by Gasteiger charge is 2.46. The predicted molar refractivity (Wildman–Crippen MR) is 76.1 cm³/mol. The van der Waals surface area contributed by atoms with Crippen molar-refractivity contribution in [3.8, 4) is 0 Å². The van der Waals surface area contributed by atoms with E-state index in [0.29, 0.717) is 13.2 Å². The molecule has 2 aliphatic rings. The molecule has 4 atom stereocenters. The molecule has 4 unspecified atom stereocenters. The molecule has 0 bridgehead atoms. The summed E-state index contributed by atoms with van der Waals surface area (Å²) < 4.78 is 5.43. The minimum absolute atomic E-state index is 0.00968. The summed E-state index contributed by atoms with van der Waals surface area (Å²) in [4.78, 5) is 27.1. The zero-order valence-electron chi connectivity index (χ0n) is 12.9. The molecule has 2 rings (SSSR count). The van der Waals surface area contributed by atoms with Crippen LogP contribution in [0.15, 0.2) is 0 Å².